The van der Waals surface area contributed by atoms with Crippen LogP contribution in [0.15, 0.2) is 60.9 Å². The maximum absolute atomic E-state index is 13.2. The number of piperidine rings is 1. The minimum atomic E-state index is -4.50. The molecule has 43 heavy (non-hydrogen) atoms. The molecule has 1 aliphatic heterocycles. The van der Waals surface area contributed by atoms with Crippen LogP contribution in [-0.4, -0.2) is 76.1 Å². The molecule has 2 unspecified atom stereocenters. The standard InChI is InChI=1S/C30H31F3N6O4/c1-18-10-11-20-21(7-3-9-23(20)36-16-25(42-2)30(31,32)33)26(18)43-27-22(8-4-13-34-27)24-12-14-35-28(38-24)37-19-6-5-15-39(17-19)29(40)41/h3-4,7-14,19,25,36H,5-6,15-17H2,1-2H3,(H,40,41)(H,35,37,38). The van der Waals surface area contributed by atoms with E-state index in [1.165, 1.54) is 4.90 Å². The van der Waals surface area contributed by atoms with Gasteiger partial charge in [-0.1, -0.05) is 24.3 Å². The van der Waals surface area contributed by atoms with Crippen molar-refractivity contribution in [1.82, 2.24) is 19.9 Å². The lowest BCUT2D eigenvalue weighted by atomic mass is 10.0. The molecule has 4 aromatic rings. The third-order valence-electron chi connectivity index (χ3n) is 7.26. The predicted octanol–water partition coefficient (Wildman–Crippen LogP) is 6.34. The summed E-state index contributed by atoms with van der Waals surface area (Å²) in [4.78, 5) is 26.2. The maximum atomic E-state index is 13.2. The minimum Gasteiger partial charge on any atom is -0.465 e. The van der Waals surface area contributed by atoms with Gasteiger partial charge in [-0.25, -0.2) is 19.7 Å². The molecule has 0 bridgehead atoms. The van der Waals surface area contributed by atoms with E-state index in [9.17, 15) is 23.1 Å². The van der Waals surface area contributed by atoms with Crippen molar-refractivity contribution in [3.8, 4) is 22.9 Å². The molecular formula is C30H31F3N6O4. The quantitative estimate of drug-likeness (QED) is 0.203. The number of likely N-dealkylation sites (tertiary alicyclic amines) is 1. The fraction of sp³-hybridized carbons (Fsp3) is 0.333. The molecule has 1 fully saturated rings. The second-order valence-electron chi connectivity index (χ2n) is 10.2. The highest BCUT2D eigenvalue weighted by molar-refractivity contribution is 5.98. The summed E-state index contributed by atoms with van der Waals surface area (Å²) < 4.78 is 50.7. The Morgan fingerprint density at radius 2 is 1.95 bits per heavy atom. The van der Waals surface area contributed by atoms with E-state index >= 15 is 0 Å². The van der Waals surface area contributed by atoms with E-state index in [0.717, 1.165) is 25.5 Å². The number of aromatic nitrogens is 3. The average Bonchev–Trinajstić information content (AvgIpc) is 2.99. The Morgan fingerprint density at radius 1 is 1.12 bits per heavy atom. The molecule has 0 radical (unpaired) electrons. The second-order valence-corrected chi connectivity index (χ2v) is 10.2. The first kappa shape index (κ1) is 29.8. The number of anilines is 2. The Labute approximate surface area is 245 Å². The Bertz CT molecular complexity index is 1600. The van der Waals surface area contributed by atoms with E-state index in [2.05, 4.69) is 30.3 Å². The number of benzene rings is 2. The molecule has 13 heteroatoms. The summed E-state index contributed by atoms with van der Waals surface area (Å²) in [5.41, 5.74) is 2.45. The van der Waals surface area contributed by atoms with Crippen LogP contribution >= 0.6 is 0 Å². The largest absolute Gasteiger partial charge is 0.465 e. The highest BCUT2D eigenvalue weighted by atomic mass is 19.4. The molecule has 1 aliphatic rings. The highest BCUT2D eigenvalue weighted by Gasteiger charge is 2.39. The molecule has 226 valence electrons. The lowest BCUT2D eigenvalue weighted by Crippen LogP contribution is -2.44. The van der Waals surface area contributed by atoms with Crippen molar-refractivity contribution in [3.63, 3.8) is 0 Å². The van der Waals surface area contributed by atoms with Crippen LogP contribution in [0.4, 0.5) is 29.6 Å². The van der Waals surface area contributed by atoms with Crippen molar-refractivity contribution in [2.45, 2.75) is 38.1 Å². The van der Waals surface area contributed by atoms with Crippen LogP contribution in [0.1, 0.15) is 18.4 Å². The first-order valence-electron chi connectivity index (χ1n) is 13.7. The van der Waals surface area contributed by atoms with Gasteiger partial charge in [-0.15, -0.1) is 0 Å². The Balaban J connectivity index is 1.41. The average molecular weight is 597 g/mol. The Kier molecular flexibility index (Phi) is 8.81. The lowest BCUT2D eigenvalue weighted by Gasteiger charge is -2.31. The molecule has 5 rings (SSSR count). The number of hydrogen-bond acceptors (Lipinski definition) is 8. The van der Waals surface area contributed by atoms with E-state index in [-0.39, 0.29) is 11.9 Å². The summed E-state index contributed by atoms with van der Waals surface area (Å²) in [5.74, 6) is 1.14. The lowest BCUT2D eigenvalue weighted by molar-refractivity contribution is -0.207. The fourth-order valence-electron chi connectivity index (χ4n) is 5.06. The van der Waals surface area contributed by atoms with Crippen LogP contribution in [0.5, 0.6) is 11.6 Å². The molecule has 2 aromatic carbocycles. The number of nitrogens with zero attached hydrogens (tertiary/aromatic N) is 4. The number of nitrogens with one attached hydrogen (secondary N) is 2. The molecule has 0 saturated carbocycles. The first-order valence-corrected chi connectivity index (χ1v) is 13.7. The van der Waals surface area contributed by atoms with Gasteiger partial charge in [-0.3, -0.25) is 0 Å². The Hall–Kier alpha value is -4.65. The fourth-order valence-corrected chi connectivity index (χ4v) is 5.06. The number of hydrogen-bond donors (Lipinski definition) is 3. The minimum absolute atomic E-state index is 0.124. The van der Waals surface area contributed by atoms with E-state index in [1.54, 1.807) is 36.7 Å². The summed E-state index contributed by atoms with van der Waals surface area (Å²) >= 11 is 0. The van der Waals surface area contributed by atoms with Crippen LogP contribution in [0.3, 0.4) is 0 Å². The van der Waals surface area contributed by atoms with E-state index < -0.39 is 24.9 Å². The molecule has 0 spiro atoms. The number of fused-ring (bicyclic) bond motifs is 1. The third kappa shape index (κ3) is 6.88. The number of amides is 1. The highest BCUT2D eigenvalue weighted by Crippen LogP contribution is 2.39. The summed E-state index contributed by atoms with van der Waals surface area (Å²) in [6.07, 6.45) is -2.68. The van der Waals surface area contributed by atoms with Gasteiger partial charge in [-0.05, 0) is 49.6 Å². The van der Waals surface area contributed by atoms with Crippen molar-refractivity contribution in [1.29, 1.82) is 0 Å². The zero-order valence-corrected chi connectivity index (χ0v) is 23.6. The number of methoxy groups -OCH3 is 1. The molecule has 1 saturated heterocycles. The van der Waals surface area contributed by atoms with Gasteiger partial charge in [0.05, 0.1) is 17.8 Å². The number of pyridine rings is 1. The summed E-state index contributed by atoms with van der Waals surface area (Å²) in [7, 11) is 1.03. The molecule has 2 atom stereocenters. The molecule has 1 amide bonds. The van der Waals surface area contributed by atoms with Crippen LogP contribution in [0, 0.1) is 6.92 Å². The van der Waals surface area contributed by atoms with Crippen molar-refractivity contribution < 1.29 is 32.5 Å². The molecule has 3 heterocycles. The number of carbonyl (C=O) groups is 1. The molecule has 10 nitrogen and oxygen atoms in total. The summed E-state index contributed by atoms with van der Waals surface area (Å²) in [5, 5.41) is 16.8. The smallest absolute Gasteiger partial charge is 0.416 e. The van der Waals surface area contributed by atoms with E-state index in [1.807, 2.05) is 31.2 Å². The van der Waals surface area contributed by atoms with Crippen molar-refractivity contribution in [3.05, 3.63) is 66.5 Å². The summed E-state index contributed by atoms with van der Waals surface area (Å²) in [6, 6.07) is 14.1. The van der Waals surface area contributed by atoms with Crippen LogP contribution in [0.25, 0.3) is 22.0 Å². The zero-order valence-electron chi connectivity index (χ0n) is 23.6. The van der Waals surface area contributed by atoms with Gasteiger partial charge in [0.25, 0.3) is 0 Å². The normalized spacial score (nSPS) is 16.1. The van der Waals surface area contributed by atoms with Crippen LogP contribution in [0.2, 0.25) is 0 Å². The first-order chi connectivity index (χ1) is 20.6. The van der Waals surface area contributed by atoms with E-state index in [4.69, 9.17) is 4.74 Å². The molecule has 3 N–H and O–H groups in total. The van der Waals surface area contributed by atoms with Gasteiger partial charge in [0.2, 0.25) is 11.8 Å². The van der Waals surface area contributed by atoms with Crippen molar-refractivity contribution in [2.75, 3.05) is 37.4 Å². The molecule has 2 aromatic heterocycles. The SMILES string of the molecule is COC(CNc1cccc2c(Oc3ncccc3-c3ccnc(NC4CCCN(C(=O)O)C4)n3)c(C)ccc12)C(F)(F)F. The zero-order chi connectivity index (χ0) is 30.6. The summed E-state index contributed by atoms with van der Waals surface area (Å²) in [6.45, 7) is 2.26. The molecule has 0 aliphatic carbocycles. The topological polar surface area (TPSA) is 122 Å². The van der Waals surface area contributed by atoms with Gasteiger partial charge in [0.1, 0.15) is 5.75 Å². The van der Waals surface area contributed by atoms with Crippen LogP contribution < -0.4 is 15.4 Å². The number of rotatable bonds is 9. The van der Waals surface area contributed by atoms with Gasteiger partial charge < -0.3 is 30.1 Å². The van der Waals surface area contributed by atoms with Crippen molar-refractivity contribution >= 4 is 28.5 Å². The number of carboxylic acid groups (broad SMARTS) is 1. The van der Waals surface area contributed by atoms with Gasteiger partial charge in [0.15, 0.2) is 6.10 Å². The van der Waals surface area contributed by atoms with Crippen molar-refractivity contribution in [2.24, 2.45) is 0 Å². The monoisotopic (exact) mass is 596 g/mol. The number of alkyl halides is 3. The third-order valence-corrected chi connectivity index (χ3v) is 7.26. The number of halogens is 3. The Morgan fingerprint density at radius 3 is 2.72 bits per heavy atom. The van der Waals surface area contributed by atoms with Gasteiger partial charge in [0, 0.05) is 55.1 Å². The predicted molar refractivity (Wildman–Crippen MR) is 156 cm³/mol. The van der Waals surface area contributed by atoms with E-state index in [0.29, 0.717) is 52.5 Å². The van der Waals surface area contributed by atoms with Crippen LogP contribution in [-0.2, 0) is 4.74 Å². The molecular weight excluding hydrogens is 565 g/mol. The maximum Gasteiger partial charge on any atom is 0.416 e. The number of ether oxygens (including phenoxy) is 2. The second kappa shape index (κ2) is 12.7. The van der Waals surface area contributed by atoms with Gasteiger partial charge >= 0.3 is 12.3 Å². The van der Waals surface area contributed by atoms with Gasteiger partial charge in [-0.2, -0.15) is 13.2 Å². The number of aryl methyl sites for hydroxylation is 1.